The van der Waals surface area contributed by atoms with Crippen molar-refractivity contribution in [3.63, 3.8) is 0 Å². The quantitative estimate of drug-likeness (QED) is 0.743. The second-order valence-corrected chi connectivity index (χ2v) is 3.27. The molecule has 0 unspecified atom stereocenters. The molecule has 2 aromatic rings. The summed E-state index contributed by atoms with van der Waals surface area (Å²) in [7, 11) is 0. The Kier molecular flexibility index (Phi) is 1.78. The van der Waals surface area contributed by atoms with Crippen molar-refractivity contribution in [3.8, 4) is 23.0 Å². The van der Waals surface area contributed by atoms with Gasteiger partial charge in [0.2, 0.25) is 6.79 Å². The van der Waals surface area contributed by atoms with E-state index in [9.17, 15) is 0 Å². The zero-order chi connectivity index (χ0) is 10.3. The lowest BCUT2D eigenvalue weighted by Gasteiger charge is -1.97. The fourth-order valence-corrected chi connectivity index (χ4v) is 1.46. The van der Waals surface area contributed by atoms with Gasteiger partial charge in [-0.3, -0.25) is 0 Å². The Morgan fingerprint density at radius 3 is 2.87 bits per heavy atom. The molecule has 0 aliphatic carbocycles. The Labute approximate surface area is 89.6 Å². The molecular formula is C9H5ClN2O3. The van der Waals surface area contributed by atoms with Crippen LogP contribution in [0.1, 0.15) is 0 Å². The van der Waals surface area contributed by atoms with E-state index in [1.54, 1.807) is 18.2 Å². The number of hydrogen-bond donors (Lipinski definition) is 0. The van der Waals surface area contributed by atoms with Crippen molar-refractivity contribution in [3.05, 3.63) is 23.5 Å². The van der Waals surface area contributed by atoms with Crippen molar-refractivity contribution in [1.82, 2.24) is 10.1 Å². The molecule has 3 rings (SSSR count). The van der Waals surface area contributed by atoms with E-state index in [1.165, 1.54) is 0 Å². The van der Waals surface area contributed by atoms with E-state index >= 15 is 0 Å². The van der Waals surface area contributed by atoms with Gasteiger partial charge in [-0.2, -0.15) is 4.98 Å². The lowest BCUT2D eigenvalue weighted by Crippen LogP contribution is -1.92. The zero-order valence-electron chi connectivity index (χ0n) is 7.44. The highest BCUT2D eigenvalue weighted by Crippen LogP contribution is 2.35. The summed E-state index contributed by atoms with van der Waals surface area (Å²) >= 11 is 5.56. The average Bonchev–Trinajstić information content (AvgIpc) is 2.84. The second-order valence-electron chi connectivity index (χ2n) is 2.94. The summed E-state index contributed by atoms with van der Waals surface area (Å²) in [5, 5.41) is 3.58. The Balaban J connectivity index is 2.06. The Morgan fingerprint density at radius 2 is 2.07 bits per heavy atom. The maximum absolute atomic E-state index is 5.56. The molecule has 15 heavy (non-hydrogen) atoms. The van der Waals surface area contributed by atoms with Crippen LogP contribution >= 0.6 is 11.6 Å². The van der Waals surface area contributed by atoms with Gasteiger partial charge in [0.05, 0.1) is 0 Å². The molecule has 1 aromatic heterocycles. The van der Waals surface area contributed by atoms with Crippen molar-refractivity contribution in [2.45, 2.75) is 0 Å². The van der Waals surface area contributed by atoms with Crippen LogP contribution in [0.5, 0.6) is 11.5 Å². The Morgan fingerprint density at radius 1 is 1.20 bits per heavy atom. The third kappa shape index (κ3) is 1.41. The lowest BCUT2D eigenvalue weighted by molar-refractivity contribution is 0.174. The number of benzene rings is 1. The molecule has 6 heteroatoms. The van der Waals surface area contributed by atoms with Crippen LogP contribution in [-0.2, 0) is 0 Å². The van der Waals surface area contributed by atoms with E-state index in [0.717, 1.165) is 5.56 Å². The lowest BCUT2D eigenvalue weighted by atomic mass is 10.2. The van der Waals surface area contributed by atoms with Gasteiger partial charge in [0.1, 0.15) is 0 Å². The number of ether oxygens (including phenoxy) is 2. The van der Waals surface area contributed by atoms with Gasteiger partial charge in [0, 0.05) is 5.56 Å². The van der Waals surface area contributed by atoms with Crippen molar-refractivity contribution < 1.29 is 14.0 Å². The van der Waals surface area contributed by atoms with Crippen LogP contribution in [0, 0.1) is 0 Å². The van der Waals surface area contributed by atoms with Crippen molar-refractivity contribution >= 4 is 11.6 Å². The highest BCUT2D eigenvalue weighted by molar-refractivity contribution is 6.28. The van der Waals surface area contributed by atoms with E-state index in [4.69, 9.17) is 25.6 Å². The first-order chi connectivity index (χ1) is 7.33. The fourth-order valence-electron chi connectivity index (χ4n) is 1.35. The van der Waals surface area contributed by atoms with Gasteiger partial charge in [-0.15, -0.1) is 0 Å². The van der Waals surface area contributed by atoms with Crippen LogP contribution in [-0.4, -0.2) is 16.9 Å². The van der Waals surface area contributed by atoms with Gasteiger partial charge in [-0.05, 0) is 35.0 Å². The van der Waals surface area contributed by atoms with Crippen LogP contribution in [0.15, 0.2) is 22.7 Å². The molecule has 1 aliphatic heterocycles. The predicted octanol–water partition coefficient (Wildman–Crippen LogP) is 2.12. The summed E-state index contributed by atoms with van der Waals surface area (Å²) in [6.07, 6.45) is 0. The molecule has 0 amide bonds. The first-order valence-corrected chi connectivity index (χ1v) is 4.60. The minimum Gasteiger partial charge on any atom is -0.454 e. The van der Waals surface area contributed by atoms with Gasteiger partial charge in [-0.25, -0.2) is 0 Å². The van der Waals surface area contributed by atoms with Crippen molar-refractivity contribution in [1.29, 1.82) is 0 Å². The second kappa shape index (κ2) is 3.13. The standard InChI is InChI=1S/C9H5ClN2O3/c10-9-11-8(15-12-9)5-1-2-6-7(3-5)14-4-13-6/h1-3H,4H2. The molecule has 76 valence electrons. The Bertz CT molecular complexity index is 512. The molecule has 1 aliphatic rings. The molecule has 0 saturated heterocycles. The zero-order valence-corrected chi connectivity index (χ0v) is 8.19. The molecule has 0 spiro atoms. The molecule has 1 aromatic carbocycles. The molecule has 0 atom stereocenters. The Hall–Kier alpha value is -1.75. The average molecular weight is 225 g/mol. The first kappa shape index (κ1) is 8.55. The van der Waals surface area contributed by atoms with Crippen molar-refractivity contribution in [2.75, 3.05) is 6.79 Å². The number of fused-ring (bicyclic) bond motifs is 1. The molecule has 0 saturated carbocycles. The van der Waals surface area contributed by atoms with E-state index in [0.29, 0.717) is 17.4 Å². The molecule has 0 fully saturated rings. The minimum atomic E-state index is 0.0858. The number of halogens is 1. The molecule has 2 heterocycles. The van der Waals surface area contributed by atoms with E-state index in [-0.39, 0.29) is 12.1 Å². The van der Waals surface area contributed by atoms with Crippen LogP contribution in [0.4, 0.5) is 0 Å². The van der Waals surface area contributed by atoms with Gasteiger partial charge >= 0.3 is 0 Å². The molecule has 5 nitrogen and oxygen atoms in total. The monoisotopic (exact) mass is 224 g/mol. The molecule has 0 N–H and O–H groups in total. The van der Waals surface area contributed by atoms with Crippen LogP contribution in [0.2, 0.25) is 5.28 Å². The SMILES string of the molecule is Clc1noc(-c2ccc3c(c2)OCO3)n1. The first-order valence-electron chi connectivity index (χ1n) is 4.22. The van der Waals surface area contributed by atoms with Crippen LogP contribution < -0.4 is 9.47 Å². The van der Waals surface area contributed by atoms with E-state index in [1.807, 2.05) is 0 Å². The van der Waals surface area contributed by atoms with Crippen LogP contribution in [0.3, 0.4) is 0 Å². The van der Waals surface area contributed by atoms with E-state index in [2.05, 4.69) is 10.1 Å². The number of aromatic nitrogens is 2. The van der Waals surface area contributed by atoms with Gasteiger partial charge in [0.15, 0.2) is 11.5 Å². The topological polar surface area (TPSA) is 57.4 Å². The van der Waals surface area contributed by atoms with Gasteiger partial charge < -0.3 is 14.0 Å². The minimum absolute atomic E-state index is 0.0858. The highest BCUT2D eigenvalue weighted by Gasteiger charge is 2.16. The molecular weight excluding hydrogens is 220 g/mol. The number of hydrogen-bond acceptors (Lipinski definition) is 5. The number of rotatable bonds is 1. The molecule has 0 radical (unpaired) electrons. The molecule has 0 bridgehead atoms. The smallest absolute Gasteiger partial charge is 0.264 e. The predicted molar refractivity (Wildman–Crippen MR) is 50.9 cm³/mol. The largest absolute Gasteiger partial charge is 0.454 e. The summed E-state index contributed by atoms with van der Waals surface area (Å²) < 4.78 is 15.3. The summed E-state index contributed by atoms with van der Waals surface area (Å²) in [4.78, 5) is 3.90. The number of nitrogens with zero attached hydrogens (tertiary/aromatic N) is 2. The summed E-state index contributed by atoms with van der Waals surface area (Å²) in [5.74, 6) is 1.74. The maximum Gasteiger partial charge on any atom is 0.264 e. The van der Waals surface area contributed by atoms with Gasteiger partial charge in [-0.1, -0.05) is 0 Å². The normalized spacial score (nSPS) is 13.1. The summed E-state index contributed by atoms with van der Waals surface area (Å²) in [6.45, 7) is 0.239. The third-order valence-corrected chi connectivity index (χ3v) is 2.17. The fraction of sp³-hybridized carbons (Fsp3) is 0.111. The highest BCUT2D eigenvalue weighted by atomic mass is 35.5. The third-order valence-electron chi connectivity index (χ3n) is 2.02. The van der Waals surface area contributed by atoms with Gasteiger partial charge in [0.25, 0.3) is 11.2 Å². The van der Waals surface area contributed by atoms with Crippen molar-refractivity contribution in [2.24, 2.45) is 0 Å². The maximum atomic E-state index is 5.56. The van der Waals surface area contributed by atoms with Crippen LogP contribution in [0.25, 0.3) is 11.5 Å². The van der Waals surface area contributed by atoms with E-state index < -0.39 is 0 Å². The summed E-state index contributed by atoms with van der Waals surface area (Å²) in [6, 6.07) is 5.36. The summed E-state index contributed by atoms with van der Waals surface area (Å²) in [5.41, 5.74) is 0.749.